The van der Waals surface area contributed by atoms with Crippen molar-refractivity contribution in [1.82, 2.24) is 0 Å². The van der Waals surface area contributed by atoms with Gasteiger partial charge in [-0.05, 0) is 49.5 Å². The second-order valence-corrected chi connectivity index (χ2v) is 5.76. The van der Waals surface area contributed by atoms with Crippen LogP contribution in [0.1, 0.15) is 34.6 Å². The average molecular weight is 270 g/mol. The summed E-state index contributed by atoms with van der Waals surface area (Å²) in [6, 6.07) is 17.8. The lowest BCUT2D eigenvalue weighted by Crippen LogP contribution is -2.04. The Morgan fingerprint density at radius 2 is 1.37 bits per heavy atom. The van der Waals surface area contributed by atoms with E-state index in [1.165, 1.54) is 22.3 Å². The highest BCUT2D eigenvalue weighted by molar-refractivity contribution is 7.80. The van der Waals surface area contributed by atoms with Gasteiger partial charge in [0.1, 0.15) is 0 Å². The van der Waals surface area contributed by atoms with Crippen molar-refractivity contribution in [2.24, 2.45) is 0 Å². The molecule has 2 aromatic rings. The third-order valence-corrected chi connectivity index (χ3v) is 3.89. The predicted octanol–water partition coefficient (Wildman–Crippen LogP) is 4.95. The van der Waals surface area contributed by atoms with E-state index < -0.39 is 0 Å². The van der Waals surface area contributed by atoms with E-state index in [0.29, 0.717) is 5.92 Å². The Balaban J connectivity index is 2.15. The first-order chi connectivity index (χ1) is 9.19. The molecule has 19 heavy (non-hydrogen) atoms. The lowest BCUT2D eigenvalue weighted by molar-refractivity contribution is 0.666. The maximum absolute atomic E-state index is 4.41. The topological polar surface area (TPSA) is 0 Å². The Labute approximate surface area is 122 Å². The summed E-state index contributed by atoms with van der Waals surface area (Å²) in [7, 11) is 0. The standard InChI is InChI=1S/C18H22S/c1-14-3-7-16(8-4-14)13-18(11-12-19)17-9-5-15(2)6-10-17/h3-10,18-19H,11-13H2,1-2H3. The van der Waals surface area contributed by atoms with Crippen molar-refractivity contribution in [3.63, 3.8) is 0 Å². The van der Waals surface area contributed by atoms with Crippen LogP contribution in [0.5, 0.6) is 0 Å². The molecular weight excluding hydrogens is 248 g/mol. The largest absolute Gasteiger partial charge is 0.179 e. The predicted molar refractivity (Wildman–Crippen MR) is 87.3 cm³/mol. The maximum atomic E-state index is 4.41. The van der Waals surface area contributed by atoms with Gasteiger partial charge in [-0.3, -0.25) is 0 Å². The molecule has 1 unspecified atom stereocenters. The van der Waals surface area contributed by atoms with E-state index in [1.54, 1.807) is 0 Å². The summed E-state index contributed by atoms with van der Waals surface area (Å²) in [6.07, 6.45) is 2.23. The van der Waals surface area contributed by atoms with E-state index in [4.69, 9.17) is 0 Å². The third-order valence-electron chi connectivity index (χ3n) is 3.63. The highest BCUT2D eigenvalue weighted by Crippen LogP contribution is 2.25. The normalized spacial score (nSPS) is 12.4. The molecule has 2 aromatic carbocycles. The monoisotopic (exact) mass is 270 g/mol. The van der Waals surface area contributed by atoms with Gasteiger partial charge in [-0.2, -0.15) is 12.6 Å². The summed E-state index contributed by atoms with van der Waals surface area (Å²) in [5.41, 5.74) is 5.49. The minimum Gasteiger partial charge on any atom is -0.179 e. The van der Waals surface area contributed by atoms with Crippen LogP contribution in [0.25, 0.3) is 0 Å². The van der Waals surface area contributed by atoms with Crippen LogP contribution in [0, 0.1) is 13.8 Å². The smallest absolute Gasteiger partial charge is 0.00920 e. The van der Waals surface area contributed by atoms with Gasteiger partial charge in [-0.25, -0.2) is 0 Å². The van der Waals surface area contributed by atoms with E-state index in [-0.39, 0.29) is 0 Å². The first-order valence-electron chi connectivity index (χ1n) is 6.92. The van der Waals surface area contributed by atoms with Crippen LogP contribution in [0.15, 0.2) is 48.5 Å². The first-order valence-corrected chi connectivity index (χ1v) is 7.55. The van der Waals surface area contributed by atoms with Gasteiger partial charge in [0, 0.05) is 0 Å². The summed E-state index contributed by atoms with van der Waals surface area (Å²) in [4.78, 5) is 0. The molecular formula is C18H22S. The Kier molecular flexibility index (Phi) is 5.09. The fourth-order valence-corrected chi connectivity index (χ4v) is 2.70. The second-order valence-electron chi connectivity index (χ2n) is 5.31. The van der Waals surface area contributed by atoms with E-state index in [2.05, 4.69) is 75.0 Å². The van der Waals surface area contributed by atoms with Gasteiger partial charge < -0.3 is 0 Å². The van der Waals surface area contributed by atoms with E-state index >= 15 is 0 Å². The molecule has 0 amide bonds. The number of rotatable bonds is 5. The Bertz CT molecular complexity index is 496. The van der Waals surface area contributed by atoms with Crippen molar-refractivity contribution in [2.45, 2.75) is 32.6 Å². The zero-order chi connectivity index (χ0) is 13.7. The number of hydrogen-bond donors (Lipinski definition) is 1. The molecule has 0 aliphatic heterocycles. The van der Waals surface area contributed by atoms with Crippen LogP contribution in [-0.2, 0) is 6.42 Å². The molecule has 100 valence electrons. The highest BCUT2D eigenvalue weighted by atomic mass is 32.1. The molecule has 0 bridgehead atoms. The SMILES string of the molecule is Cc1ccc(CC(CCS)c2ccc(C)cc2)cc1. The summed E-state index contributed by atoms with van der Waals surface area (Å²) < 4.78 is 0. The molecule has 0 fully saturated rings. The molecule has 2 rings (SSSR count). The molecule has 0 radical (unpaired) electrons. The fourth-order valence-electron chi connectivity index (χ4n) is 2.39. The maximum Gasteiger partial charge on any atom is -0.00920 e. The number of benzene rings is 2. The van der Waals surface area contributed by atoms with Gasteiger partial charge in [-0.1, -0.05) is 59.7 Å². The van der Waals surface area contributed by atoms with Gasteiger partial charge in [0.15, 0.2) is 0 Å². The minimum absolute atomic E-state index is 0.570. The lowest BCUT2D eigenvalue weighted by atomic mass is 9.89. The van der Waals surface area contributed by atoms with Crippen LogP contribution >= 0.6 is 12.6 Å². The number of thiol groups is 1. The Hall–Kier alpha value is -1.21. The van der Waals surface area contributed by atoms with Crippen LogP contribution in [-0.4, -0.2) is 5.75 Å². The van der Waals surface area contributed by atoms with Gasteiger partial charge in [-0.15, -0.1) is 0 Å². The minimum atomic E-state index is 0.570. The molecule has 0 aliphatic carbocycles. The number of hydrogen-bond acceptors (Lipinski definition) is 1. The first kappa shape index (κ1) is 14.2. The van der Waals surface area contributed by atoms with Crippen molar-refractivity contribution in [1.29, 1.82) is 0 Å². The zero-order valence-electron chi connectivity index (χ0n) is 11.8. The second kappa shape index (κ2) is 6.81. The highest BCUT2D eigenvalue weighted by Gasteiger charge is 2.11. The van der Waals surface area contributed by atoms with E-state index in [9.17, 15) is 0 Å². The lowest BCUT2D eigenvalue weighted by Gasteiger charge is -2.17. The Morgan fingerprint density at radius 1 is 0.842 bits per heavy atom. The number of aryl methyl sites for hydroxylation is 2. The quantitative estimate of drug-likeness (QED) is 0.730. The summed E-state index contributed by atoms with van der Waals surface area (Å²) in [5, 5.41) is 0. The van der Waals surface area contributed by atoms with Gasteiger partial charge >= 0.3 is 0 Å². The zero-order valence-corrected chi connectivity index (χ0v) is 12.7. The average Bonchev–Trinajstić information content (AvgIpc) is 2.42. The fraction of sp³-hybridized carbons (Fsp3) is 0.333. The van der Waals surface area contributed by atoms with Crippen molar-refractivity contribution >= 4 is 12.6 Å². The third kappa shape index (κ3) is 4.14. The van der Waals surface area contributed by atoms with Crippen LogP contribution in [0.3, 0.4) is 0 Å². The molecule has 0 saturated heterocycles. The van der Waals surface area contributed by atoms with Crippen LogP contribution in [0.4, 0.5) is 0 Å². The summed E-state index contributed by atoms with van der Waals surface area (Å²) >= 11 is 4.41. The summed E-state index contributed by atoms with van der Waals surface area (Å²) in [5.74, 6) is 1.51. The molecule has 1 heteroatoms. The Morgan fingerprint density at radius 3 is 1.89 bits per heavy atom. The molecule has 0 nitrogen and oxygen atoms in total. The van der Waals surface area contributed by atoms with Crippen molar-refractivity contribution in [3.8, 4) is 0 Å². The molecule has 0 spiro atoms. The van der Waals surface area contributed by atoms with Gasteiger partial charge in [0.2, 0.25) is 0 Å². The molecule has 1 atom stereocenters. The van der Waals surface area contributed by atoms with Gasteiger partial charge in [0.25, 0.3) is 0 Å². The van der Waals surface area contributed by atoms with Crippen molar-refractivity contribution in [2.75, 3.05) is 5.75 Å². The molecule has 0 aromatic heterocycles. The van der Waals surface area contributed by atoms with Crippen LogP contribution in [0.2, 0.25) is 0 Å². The van der Waals surface area contributed by atoms with Crippen molar-refractivity contribution in [3.05, 3.63) is 70.8 Å². The summed E-state index contributed by atoms with van der Waals surface area (Å²) in [6.45, 7) is 4.27. The molecule has 0 aliphatic rings. The van der Waals surface area contributed by atoms with Gasteiger partial charge in [0.05, 0.1) is 0 Å². The van der Waals surface area contributed by atoms with Crippen molar-refractivity contribution < 1.29 is 0 Å². The van der Waals surface area contributed by atoms with E-state index in [1.807, 2.05) is 0 Å². The molecule has 0 saturated carbocycles. The molecule has 0 N–H and O–H groups in total. The van der Waals surface area contributed by atoms with E-state index in [0.717, 1.165) is 18.6 Å². The molecule has 0 heterocycles. The van der Waals surface area contributed by atoms with Crippen LogP contribution < -0.4 is 0 Å².